The zero-order valence-electron chi connectivity index (χ0n) is 28.7. The Hall–Kier alpha value is -3.18. The minimum atomic E-state index is -3.87. The van der Waals surface area contributed by atoms with E-state index < -0.39 is 52.6 Å². The zero-order valence-corrected chi connectivity index (χ0v) is 30.3. The molecule has 3 fully saturated rings. The van der Waals surface area contributed by atoms with Crippen molar-refractivity contribution in [2.75, 3.05) is 26.2 Å². The minimum Gasteiger partial charge on any atom is -0.490 e. The highest BCUT2D eigenvalue weighted by atomic mass is 35.5. The summed E-state index contributed by atoms with van der Waals surface area (Å²) in [4.78, 5) is 16.9. The Morgan fingerprint density at radius 3 is 2.50 bits per heavy atom. The fourth-order valence-electron chi connectivity index (χ4n) is 6.52. The summed E-state index contributed by atoms with van der Waals surface area (Å²) in [5.41, 5.74) is 2.87. The maximum absolute atomic E-state index is 13.7. The number of hydrogen-bond acceptors (Lipinski definition) is 11. The quantitative estimate of drug-likeness (QED) is 0.111. The third-order valence-corrected chi connectivity index (χ3v) is 12.3. The van der Waals surface area contributed by atoms with Crippen LogP contribution in [0.5, 0.6) is 5.75 Å². The van der Waals surface area contributed by atoms with Crippen LogP contribution in [0, 0.1) is 5.92 Å². The van der Waals surface area contributed by atoms with E-state index in [0.29, 0.717) is 23.4 Å². The van der Waals surface area contributed by atoms with Crippen molar-refractivity contribution in [1.82, 2.24) is 14.6 Å². The van der Waals surface area contributed by atoms with Gasteiger partial charge >= 0.3 is 0 Å². The van der Waals surface area contributed by atoms with Gasteiger partial charge in [-0.3, -0.25) is 9.78 Å². The van der Waals surface area contributed by atoms with Crippen LogP contribution >= 0.6 is 11.6 Å². The van der Waals surface area contributed by atoms with Crippen LogP contribution in [0.25, 0.3) is 11.1 Å². The van der Waals surface area contributed by atoms with Crippen molar-refractivity contribution in [2.45, 2.75) is 92.6 Å². The van der Waals surface area contributed by atoms with Gasteiger partial charge in [-0.1, -0.05) is 29.8 Å². The molecule has 0 radical (unpaired) electrons. The average Bonchev–Trinajstić information content (AvgIpc) is 4.09. The average molecular weight is 760 g/mol. The smallest absolute Gasteiger partial charge is 0.243 e. The van der Waals surface area contributed by atoms with E-state index in [4.69, 9.17) is 26.2 Å². The predicted octanol–water partition coefficient (Wildman–Crippen LogP) is 2.49. The van der Waals surface area contributed by atoms with E-state index in [1.807, 2.05) is 36.5 Å². The number of sulfonamides is 1. The van der Waals surface area contributed by atoms with Crippen LogP contribution in [-0.4, -0.2) is 106 Å². The fourth-order valence-corrected chi connectivity index (χ4v) is 8.27. The summed E-state index contributed by atoms with van der Waals surface area (Å²) in [6.07, 6.45) is 1.73. The van der Waals surface area contributed by atoms with Crippen molar-refractivity contribution in [3.8, 4) is 16.9 Å². The van der Waals surface area contributed by atoms with Gasteiger partial charge in [0.1, 0.15) is 24.1 Å². The molecule has 3 aliphatic rings. The van der Waals surface area contributed by atoms with Crippen molar-refractivity contribution < 1.29 is 48.2 Å². The zero-order chi connectivity index (χ0) is 37.0. The van der Waals surface area contributed by atoms with Gasteiger partial charge in [0.2, 0.25) is 15.9 Å². The number of benzene rings is 2. The van der Waals surface area contributed by atoms with Crippen LogP contribution in [0.1, 0.15) is 56.1 Å². The maximum atomic E-state index is 13.7. The molecule has 2 aliphatic carbocycles. The lowest BCUT2D eigenvalue weighted by Gasteiger charge is -2.25. The molecule has 1 aliphatic heterocycles. The SMILES string of the molecule is O=C(CCC1CCN(S(=O)(=O)c2ccc(Cl)c(COC3(c4cnccc4-c4ccccc4OC4CC4)CC3)c2)C1)NC[C@H](O)[C@@H](O)[C@H](O)[C@H](O)CO. The van der Waals surface area contributed by atoms with Crippen molar-refractivity contribution in [3.63, 3.8) is 0 Å². The van der Waals surface area contributed by atoms with Crippen molar-refractivity contribution in [1.29, 1.82) is 0 Å². The second kappa shape index (κ2) is 16.5. The molecular weight excluding hydrogens is 714 g/mol. The number of pyridine rings is 1. The molecule has 1 amide bonds. The number of amides is 1. The first-order valence-corrected chi connectivity index (χ1v) is 19.5. The van der Waals surface area contributed by atoms with Gasteiger partial charge in [0.15, 0.2) is 0 Å². The Bertz CT molecular complexity index is 1820. The van der Waals surface area contributed by atoms with Gasteiger partial charge in [-0.05, 0) is 85.9 Å². The highest BCUT2D eigenvalue weighted by molar-refractivity contribution is 7.89. The van der Waals surface area contributed by atoms with E-state index in [2.05, 4.69) is 10.3 Å². The Morgan fingerprint density at radius 1 is 1.02 bits per heavy atom. The normalized spacial score (nSPS) is 20.9. The molecule has 1 unspecified atom stereocenters. The fraction of sp³-hybridized carbons (Fsp3) is 0.514. The summed E-state index contributed by atoms with van der Waals surface area (Å²) in [7, 11) is -3.87. The molecule has 1 saturated heterocycles. The molecule has 5 atom stereocenters. The number of rotatable bonds is 18. The van der Waals surface area contributed by atoms with Gasteiger partial charge in [0, 0.05) is 54.6 Å². The first-order chi connectivity index (χ1) is 24.9. The number of hydrogen-bond donors (Lipinski definition) is 6. The van der Waals surface area contributed by atoms with Crippen LogP contribution in [0.15, 0.2) is 65.8 Å². The third kappa shape index (κ3) is 8.95. The number of nitrogens with zero attached hydrogens (tertiary/aromatic N) is 2. The number of nitrogens with one attached hydrogen (secondary N) is 1. The second-order valence-electron chi connectivity index (χ2n) is 13.9. The van der Waals surface area contributed by atoms with E-state index in [9.17, 15) is 33.6 Å². The number of ether oxygens (including phenoxy) is 2. The lowest BCUT2D eigenvalue weighted by molar-refractivity contribution is -0.126. The van der Waals surface area contributed by atoms with Crippen molar-refractivity contribution in [2.24, 2.45) is 5.92 Å². The van der Waals surface area contributed by atoms with Gasteiger partial charge in [0.25, 0.3) is 0 Å². The largest absolute Gasteiger partial charge is 0.490 e. The van der Waals surface area contributed by atoms with E-state index in [1.165, 1.54) is 10.4 Å². The number of aliphatic hydroxyl groups excluding tert-OH is 5. The van der Waals surface area contributed by atoms with E-state index in [-0.39, 0.29) is 49.6 Å². The van der Waals surface area contributed by atoms with Gasteiger partial charge in [-0.15, -0.1) is 0 Å². The van der Waals surface area contributed by atoms with Gasteiger partial charge in [-0.25, -0.2) is 8.42 Å². The topological polar surface area (TPSA) is 199 Å². The van der Waals surface area contributed by atoms with Gasteiger partial charge < -0.3 is 40.3 Å². The number of halogens is 1. The first-order valence-electron chi connectivity index (χ1n) is 17.6. The maximum Gasteiger partial charge on any atom is 0.243 e. The number of carbonyl (C=O) groups is 1. The lowest BCUT2D eigenvalue weighted by atomic mass is 9.96. The number of carbonyl (C=O) groups excluding carboxylic acids is 1. The summed E-state index contributed by atoms with van der Waals surface area (Å²) in [6.45, 7) is -0.564. The summed E-state index contributed by atoms with van der Waals surface area (Å²) >= 11 is 6.58. The molecule has 0 spiro atoms. The summed E-state index contributed by atoms with van der Waals surface area (Å²) in [6, 6.07) is 14.6. The molecule has 52 heavy (non-hydrogen) atoms. The standard InChI is InChI=1S/C37H46ClN3O10S/c38-30-9-8-26(52(48,49)41-16-12-23(20-41)5-10-34(45)40-19-31(43)35(46)36(47)32(44)21-42)17-24(30)22-50-37(13-14-37)29-18-39-15-11-27(29)28-3-1-2-4-33(28)51-25-6-7-25/h1-4,8-9,11,15,17-18,23,25,31-32,35-36,42-44,46-47H,5-7,10,12-14,16,19-22H2,(H,40,45)/t23?,31-,32+,35+,36+/m0/s1. The Morgan fingerprint density at radius 2 is 1.77 bits per heavy atom. The Kier molecular flexibility index (Phi) is 12.2. The summed E-state index contributed by atoms with van der Waals surface area (Å²) in [5.74, 6) is 0.331. The molecule has 1 aromatic heterocycles. The van der Waals surface area contributed by atoms with Crippen LogP contribution < -0.4 is 10.1 Å². The first kappa shape index (κ1) is 38.5. The van der Waals surface area contributed by atoms with Crippen LogP contribution in [0.3, 0.4) is 0 Å². The minimum absolute atomic E-state index is 0.0607. The second-order valence-corrected chi connectivity index (χ2v) is 16.3. The van der Waals surface area contributed by atoms with Gasteiger partial charge in [0.05, 0.1) is 35.9 Å². The van der Waals surface area contributed by atoms with Crippen molar-refractivity contribution >= 4 is 27.5 Å². The van der Waals surface area contributed by atoms with Crippen LogP contribution in [0.2, 0.25) is 5.02 Å². The molecule has 15 heteroatoms. The monoisotopic (exact) mass is 759 g/mol. The Balaban J connectivity index is 1.05. The predicted molar refractivity (Wildman–Crippen MR) is 191 cm³/mol. The summed E-state index contributed by atoms with van der Waals surface area (Å²) in [5, 5.41) is 50.9. The highest BCUT2D eigenvalue weighted by Crippen LogP contribution is 2.53. The lowest BCUT2D eigenvalue weighted by Crippen LogP contribution is -2.49. The van der Waals surface area contributed by atoms with Crippen molar-refractivity contribution in [3.05, 3.63) is 77.1 Å². The number of aromatic nitrogens is 1. The highest BCUT2D eigenvalue weighted by Gasteiger charge is 2.48. The molecule has 6 rings (SSSR count). The molecule has 0 bridgehead atoms. The van der Waals surface area contributed by atoms with Crippen LogP contribution in [-0.2, 0) is 31.8 Å². The van der Waals surface area contributed by atoms with Gasteiger partial charge in [-0.2, -0.15) is 4.31 Å². The van der Waals surface area contributed by atoms with E-state index in [1.54, 1.807) is 18.3 Å². The number of para-hydroxylation sites is 1. The van der Waals surface area contributed by atoms with E-state index >= 15 is 0 Å². The molecule has 13 nitrogen and oxygen atoms in total. The molecule has 2 aromatic carbocycles. The Labute approximate surface area is 308 Å². The van der Waals surface area contributed by atoms with E-state index in [0.717, 1.165) is 48.1 Å². The molecule has 2 saturated carbocycles. The van der Waals surface area contributed by atoms with Crippen LogP contribution in [0.4, 0.5) is 0 Å². The third-order valence-electron chi connectivity index (χ3n) is 10.0. The molecule has 3 aromatic rings. The summed E-state index contributed by atoms with van der Waals surface area (Å²) < 4.78 is 41.6. The molecule has 6 N–H and O–H groups in total. The molecular formula is C37H46ClN3O10S. The molecule has 282 valence electrons. The number of aliphatic hydroxyl groups is 5. The molecule has 2 heterocycles.